The van der Waals surface area contributed by atoms with Crippen LogP contribution in [0.4, 0.5) is 4.79 Å². The average molecular weight is 435 g/mol. The Labute approximate surface area is 190 Å². The molecular weight excluding hydrogens is 400 g/mol. The smallest absolute Gasteiger partial charge is 0.317 e. The van der Waals surface area contributed by atoms with Crippen LogP contribution >= 0.6 is 0 Å². The summed E-state index contributed by atoms with van der Waals surface area (Å²) in [6.07, 6.45) is 10.4. The number of pyridine rings is 1. The van der Waals surface area contributed by atoms with Crippen LogP contribution < -0.4 is 5.32 Å². The van der Waals surface area contributed by atoms with E-state index >= 15 is 0 Å². The first-order valence-corrected chi connectivity index (χ1v) is 12.2. The Balaban J connectivity index is 1.33. The molecule has 3 atom stereocenters. The van der Waals surface area contributed by atoms with Crippen molar-refractivity contribution in [3.8, 4) is 11.1 Å². The van der Waals surface area contributed by atoms with Gasteiger partial charge in [-0.05, 0) is 55.0 Å². The second-order valence-electron chi connectivity index (χ2n) is 9.53. The van der Waals surface area contributed by atoms with Gasteiger partial charge in [-0.1, -0.05) is 43.2 Å². The Hall–Kier alpha value is -2.44. The van der Waals surface area contributed by atoms with Crippen LogP contribution in [-0.4, -0.2) is 70.3 Å². The summed E-state index contributed by atoms with van der Waals surface area (Å²) in [5.41, 5.74) is 3.50. The van der Waals surface area contributed by atoms with Gasteiger partial charge in [0.25, 0.3) is 0 Å². The molecular formula is C26H34N4O2. The second kappa shape index (κ2) is 9.59. The molecule has 32 heavy (non-hydrogen) atoms. The van der Waals surface area contributed by atoms with Gasteiger partial charge in [0.15, 0.2) is 0 Å². The number of aliphatic hydroxyl groups excluding tert-OH is 1. The molecule has 2 saturated heterocycles. The van der Waals surface area contributed by atoms with Crippen LogP contribution in [-0.2, 0) is 0 Å². The first kappa shape index (κ1) is 21.4. The van der Waals surface area contributed by atoms with E-state index in [2.05, 4.69) is 45.5 Å². The lowest BCUT2D eigenvalue weighted by molar-refractivity contribution is -0.0591. The molecule has 170 valence electrons. The number of amides is 2. The highest BCUT2D eigenvalue weighted by Gasteiger charge is 2.49. The molecule has 2 aliphatic heterocycles. The van der Waals surface area contributed by atoms with Crippen molar-refractivity contribution in [2.75, 3.05) is 26.2 Å². The molecule has 5 rings (SSSR count). The second-order valence-corrected chi connectivity index (χ2v) is 9.53. The molecule has 2 aromatic rings. The minimum absolute atomic E-state index is 0.0943. The standard InChI is InChI=1S/C26H34N4O2/c31-18-24-25(20-11-9-19(10-12-20)21-6-5-13-27-16-21)23-17-29(14-3-4-15-30(23)24)26(32)28-22-7-1-2-8-22/h5-6,9-13,16,22-25,31H,1-4,7-8,14-15,17-18H2,(H,28,32)/t23-,24-,25+/m0/s1. The van der Waals surface area contributed by atoms with E-state index in [9.17, 15) is 9.90 Å². The van der Waals surface area contributed by atoms with Gasteiger partial charge in [-0.3, -0.25) is 9.88 Å². The quantitative estimate of drug-likeness (QED) is 0.771. The summed E-state index contributed by atoms with van der Waals surface area (Å²) in [7, 11) is 0. The number of fused-ring (bicyclic) bond motifs is 1. The molecule has 3 fully saturated rings. The zero-order valence-electron chi connectivity index (χ0n) is 18.7. The van der Waals surface area contributed by atoms with E-state index in [-0.39, 0.29) is 30.6 Å². The lowest BCUT2D eigenvalue weighted by Crippen LogP contribution is -2.68. The number of hydrogen-bond acceptors (Lipinski definition) is 4. The van der Waals surface area contributed by atoms with Crippen LogP contribution in [0.1, 0.15) is 50.0 Å². The monoisotopic (exact) mass is 434 g/mol. The molecule has 6 heteroatoms. The van der Waals surface area contributed by atoms with Gasteiger partial charge in [0.2, 0.25) is 0 Å². The predicted octanol–water partition coefficient (Wildman–Crippen LogP) is 3.63. The fraction of sp³-hybridized carbons (Fsp3) is 0.538. The number of nitrogens with zero attached hydrogens (tertiary/aromatic N) is 3. The fourth-order valence-corrected chi connectivity index (χ4v) is 5.89. The SMILES string of the molecule is O=C(NC1CCCC1)N1CCCCN2[C@@H](CO)[C@H](c3ccc(-c4cccnc4)cc3)[C@@H]2C1. The average Bonchev–Trinajstić information content (AvgIpc) is 3.32. The Morgan fingerprint density at radius 3 is 2.53 bits per heavy atom. The van der Waals surface area contributed by atoms with E-state index in [4.69, 9.17) is 0 Å². The Morgan fingerprint density at radius 2 is 1.81 bits per heavy atom. The zero-order chi connectivity index (χ0) is 21.9. The van der Waals surface area contributed by atoms with Gasteiger partial charge in [-0.15, -0.1) is 0 Å². The zero-order valence-corrected chi connectivity index (χ0v) is 18.7. The third-order valence-electron chi connectivity index (χ3n) is 7.63. The van der Waals surface area contributed by atoms with Gasteiger partial charge in [-0.2, -0.15) is 0 Å². The van der Waals surface area contributed by atoms with E-state index in [0.29, 0.717) is 6.04 Å². The molecule has 6 nitrogen and oxygen atoms in total. The van der Waals surface area contributed by atoms with Crippen molar-refractivity contribution in [2.24, 2.45) is 0 Å². The first-order valence-electron chi connectivity index (χ1n) is 12.2. The molecule has 1 saturated carbocycles. The topological polar surface area (TPSA) is 68.7 Å². The summed E-state index contributed by atoms with van der Waals surface area (Å²) in [4.78, 5) is 21.7. The summed E-state index contributed by atoms with van der Waals surface area (Å²) in [6.45, 7) is 2.70. The maximum atomic E-state index is 13.0. The van der Waals surface area contributed by atoms with Crippen molar-refractivity contribution in [3.05, 3.63) is 54.4 Å². The highest BCUT2D eigenvalue weighted by molar-refractivity contribution is 5.74. The van der Waals surface area contributed by atoms with E-state index in [1.54, 1.807) is 6.20 Å². The summed E-state index contributed by atoms with van der Waals surface area (Å²) in [5.74, 6) is 0.239. The normalized spacial score (nSPS) is 26.7. The maximum Gasteiger partial charge on any atom is 0.317 e. The van der Waals surface area contributed by atoms with E-state index < -0.39 is 0 Å². The molecule has 1 aromatic heterocycles. The minimum Gasteiger partial charge on any atom is -0.395 e. The van der Waals surface area contributed by atoms with Crippen LogP contribution in [0.3, 0.4) is 0 Å². The molecule has 1 aliphatic carbocycles. The highest BCUT2D eigenvalue weighted by Crippen LogP contribution is 2.42. The number of carbonyl (C=O) groups excluding carboxylic acids is 1. The molecule has 0 spiro atoms. The molecule has 3 heterocycles. The third kappa shape index (κ3) is 4.26. The summed E-state index contributed by atoms with van der Waals surface area (Å²) < 4.78 is 0. The molecule has 0 radical (unpaired) electrons. The summed E-state index contributed by atoms with van der Waals surface area (Å²) >= 11 is 0. The van der Waals surface area contributed by atoms with Crippen LogP contribution in [0.25, 0.3) is 11.1 Å². The number of carbonyl (C=O) groups is 1. The molecule has 2 amide bonds. The van der Waals surface area contributed by atoms with Gasteiger partial charge in [0.1, 0.15) is 0 Å². The van der Waals surface area contributed by atoms with E-state index in [0.717, 1.165) is 56.4 Å². The lowest BCUT2D eigenvalue weighted by Gasteiger charge is -2.57. The van der Waals surface area contributed by atoms with Crippen molar-refractivity contribution in [2.45, 2.75) is 62.6 Å². The van der Waals surface area contributed by atoms with Gasteiger partial charge in [0.05, 0.1) is 6.61 Å². The van der Waals surface area contributed by atoms with Crippen molar-refractivity contribution in [1.82, 2.24) is 20.1 Å². The Kier molecular flexibility index (Phi) is 6.42. The number of aromatic nitrogens is 1. The molecule has 3 aliphatic rings. The van der Waals surface area contributed by atoms with Gasteiger partial charge in [0, 0.05) is 49.5 Å². The lowest BCUT2D eigenvalue weighted by atomic mass is 9.74. The van der Waals surface area contributed by atoms with Crippen LogP contribution in [0, 0.1) is 0 Å². The number of nitrogens with one attached hydrogen (secondary N) is 1. The van der Waals surface area contributed by atoms with Gasteiger partial charge < -0.3 is 15.3 Å². The molecule has 1 aromatic carbocycles. The number of rotatable bonds is 4. The molecule has 0 bridgehead atoms. The minimum atomic E-state index is 0.0943. The highest BCUT2D eigenvalue weighted by atomic mass is 16.3. The van der Waals surface area contributed by atoms with Crippen molar-refractivity contribution >= 4 is 6.03 Å². The summed E-state index contributed by atoms with van der Waals surface area (Å²) in [5, 5.41) is 13.4. The fourth-order valence-electron chi connectivity index (χ4n) is 5.89. The number of hydrogen-bond donors (Lipinski definition) is 2. The van der Waals surface area contributed by atoms with Crippen LogP contribution in [0.2, 0.25) is 0 Å². The maximum absolute atomic E-state index is 13.0. The van der Waals surface area contributed by atoms with E-state index in [1.165, 1.54) is 18.4 Å². The van der Waals surface area contributed by atoms with Crippen molar-refractivity contribution < 1.29 is 9.90 Å². The Bertz CT molecular complexity index is 898. The summed E-state index contributed by atoms with van der Waals surface area (Å²) in [6, 6.07) is 13.5. The van der Waals surface area contributed by atoms with E-state index in [1.807, 2.05) is 17.2 Å². The molecule has 2 N–H and O–H groups in total. The third-order valence-corrected chi connectivity index (χ3v) is 7.63. The van der Waals surface area contributed by atoms with Gasteiger partial charge >= 0.3 is 6.03 Å². The van der Waals surface area contributed by atoms with Gasteiger partial charge in [-0.25, -0.2) is 4.79 Å². The first-order chi connectivity index (χ1) is 15.7. The van der Waals surface area contributed by atoms with Crippen LogP contribution in [0.5, 0.6) is 0 Å². The van der Waals surface area contributed by atoms with Crippen molar-refractivity contribution in [3.63, 3.8) is 0 Å². The molecule has 0 unspecified atom stereocenters. The Morgan fingerprint density at radius 1 is 1.03 bits per heavy atom. The number of urea groups is 1. The van der Waals surface area contributed by atoms with Crippen LogP contribution in [0.15, 0.2) is 48.8 Å². The largest absolute Gasteiger partial charge is 0.395 e. The number of benzene rings is 1. The number of aliphatic hydroxyl groups is 1. The van der Waals surface area contributed by atoms with Crippen molar-refractivity contribution in [1.29, 1.82) is 0 Å². The predicted molar refractivity (Wildman–Crippen MR) is 125 cm³/mol.